The highest BCUT2D eigenvalue weighted by Crippen LogP contribution is 2.26. The van der Waals surface area contributed by atoms with E-state index in [2.05, 4.69) is 34.4 Å². The number of hydrogen-bond donors (Lipinski definition) is 2. The van der Waals surface area contributed by atoms with Crippen molar-refractivity contribution in [2.45, 2.75) is 25.8 Å². The zero-order valence-electron chi connectivity index (χ0n) is 12.6. The fourth-order valence-corrected chi connectivity index (χ4v) is 3.29. The van der Waals surface area contributed by atoms with Gasteiger partial charge in [0.15, 0.2) is 0 Å². The SMILES string of the molecule is C[C@@H](NCCOc1ccc2c(c1)CCC(=O)N2)c1ccsc1. The molecule has 1 aromatic carbocycles. The normalized spacial score (nSPS) is 15.0. The number of hydrogen-bond acceptors (Lipinski definition) is 4. The molecule has 1 amide bonds. The molecule has 0 radical (unpaired) electrons. The van der Waals surface area contributed by atoms with Crippen LogP contribution >= 0.6 is 11.3 Å². The van der Waals surface area contributed by atoms with Crippen molar-refractivity contribution in [1.29, 1.82) is 0 Å². The van der Waals surface area contributed by atoms with E-state index in [0.717, 1.165) is 30.0 Å². The van der Waals surface area contributed by atoms with Crippen LogP contribution in [0.2, 0.25) is 0 Å². The van der Waals surface area contributed by atoms with Crippen molar-refractivity contribution >= 4 is 22.9 Å². The number of rotatable bonds is 6. The van der Waals surface area contributed by atoms with Gasteiger partial charge in [0.1, 0.15) is 12.4 Å². The van der Waals surface area contributed by atoms with Crippen molar-refractivity contribution < 1.29 is 9.53 Å². The molecule has 1 atom stereocenters. The van der Waals surface area contributed by atoms with Gasteiger partial charge < -0.3 is 15.4 Å². The molecule has 1 aliphatic heterocycles. The molecule has 0 saturated heterocycles. The number of amides is 1. The molecule has 4 nitrogen and oxygen atoms in total. The molecule has 1 aliphatic rings. The van der Waals surface area contributed by atoms with Gasteiger partial charge in [-0.25, -0.2) is 0 Å². The van der Waals surface area contributed by atoms with Gasteiger partial charge in [-0.1, -0.05) is 0 Å². The monoisotopic (exact) mass is 316 g/mol. The number of fused-ring (bicyclic) bond motifs is 1. The number of thiophene rings is 1. The average molecular weight is 316 g/mol. The molecule has 1 aromatic heterocycles. The van der Waals surface area contributed by atoms with Crippen LogP contribution in [0.3, 0.4) is 0 Å². The first-order chi connectivity index (χ1) is 10.7. The summed E-state index contributed by atoms with van der Waals surface area (Å²) in [5.74, 6) is 0.952. The van der Waals surface area contributed by atoms with Crippen LogP contribution in [0.5, 0.6) is 5.75 Å². The number of benzene rings is 1. The number of ether oxygens (including phenoxy) is 1. The van der Waals surface area contributed by atoms with Crippen molar-refractivity contribution in [2.24, 2.45) is 0 Å². The minimum Gasteiger partial charge on any atom is -0.492 e. The molecule has 0 bridgehead atoms. The molecule has 0 saturated carbocycles. The molecule has 2 N–H and O–H groups in total. The molecule has 22 heavy (non-hydrogen) atoms. The first kappa shape index (κ1) is 15.1. The van der Waals surface area contributed by atoms with Crippen molar-refractivity contribution in [3.05, 3.63) is 46.2 Å². The molecular weight excluding hydrogens is 296 g/mol. The predicted octanol–water partition coefficient (Wildman–Crippen LogP) is 3.36. The van der Waals surface area contributed by atoms with Crippen LogP contribution in [-0.4, -0.2) is 19.1 Å². The highest BCUT2D eigenvalue weighted by Gasteiger charge is 2.15. The van der Waals surface area contributed by atoms with Gasteiger partial charge in [0, 0.05) is 24.7 Å². The zero-order valence-corrected chi connectivity index (χ0v) is 13.4. The largest absolute Gasteiger partial charge is 0.492 e. The van der Waals surface area contributed by atoms with Crippen LogP contribution < -0.4 is 15.4 Å². The second-order valence-corrected chi connectivity index (χ2v) is 6.23. The van der Waals surface area contributed by atoms with E-state index < -0.39 is 0 Å². The summed E-state index contributed by atoms with van der Waals surface area (Å²) >= 11 is 1.72. The smallest absolute Gasteiger partial charge is 0.224 e. The lowest BCUT2D eigenvalue weighted by molar-refractivity contribution is -0.116. The van der Waals surface area contributed by atoms with Crippen LogP contribution in [0, 0.1) is 0 Å². The van der Waals surface area contributed by atoms with E-state index in [4.69, 9.17) is 4.74 Å². The van der Waals surface area contributed by atoms with Crippen molar-refractivity contribution in [1.82, 2.24) is 5.32 Å². The second-order valence-electron chi connectivity index (χ2n) is 5.45. The van der Waals surface area contributed by atoms with Crippen LogP contribution in [-0.2, 0) is 11.2 Å². The third kappa shape index (κ3) is 3.67. The number of nitrogens with one attached hydrogen (secondary N) is 2. The number of carbonyl (C=O) groups is 1. The Kier molecular flexibility index (Phi) is 4.75. The maximum atomic E-state index is 11.3. The Morgan fingerprint density at radius 2 is 2.27 bits per heavy atom. The molecular formula is C17H20N2O2S. The summed E-state index contributed by atoms with van der Waals surface area (Å²) in [6.07, 6.45) is 1.34. The molecule has 0 fully saturated rings. The van der Waals surface area contributed by atoms with E-state index in [-0.39, 0.29) is 5.91 Å². The predicted molar refractivity (Wildman–Crippen MR) is 89.6 cm³/mol. The maximum absolute atomic E-state index is 11.3. The van der Waals surface area contributed by atoms with Gasteiger partial charge >= 0.3 is 0 Å². The molecule has 3 rings (SSSR count). The van der Waals surface area contributed by atoms with E-state index in [1.54, 1.807) is 11.3 Å². The van der Waals surface area contributed by atoms with Crippen LogP contribution in [0.4, 0.5) is 5.69 Å². The number of carbonyl (C=O) groups excluding carboxylic acids is 1. The van der Waals surface area contributed by atoms with Crippen LogP contribution in [0.25, 0.3) is 0 Å². The summed E-state index contributed by atoms with van der Waals surface area (Å²) in [6.45, 7) is 3.58. The van der Waals surface area contributed by atoms with Crippen LogP contribution in [0.1, 0.15) is 30.5 Å². The standard InChI is InChI=1S/C17H20N2O2S/c1-12(14-6-9-22-11-14)18-7-8-21-15-3-4-16-13(10-15)2-5-17(20)19-16/h3-4,6,9-12,18H,2,5,7-8H2,1H3,(H,19,20)/t12-/m1/s1. The Balaban J connectivity index is 1.47. The fourth-order valence-electron chi connectivity index (χ4n) is 2.53. The van der Waals surface area contributed by atoms with Gasteiger partial charge in [-0.2, -0.15) is 11.3 Å². The zero-order chi connectivity index (χ0) is 15.4. The third-order valence-corrected chi connectivity index (χ3v) is 4.54. The quantitative estimate of drug-likeness (QED) is 0.804. The lowest BCUT2D eigenvalue weighted by Crippen LogP contribution is -2.24. The number of anilines is 1. The minimum atomic E-state index is 0.0905. The van der Waals surface area contributed by atoms with Gasteiger partial charge in [-0.3, -0.25) is 4.79 Å². The van der Waals surface area contributed by atoms with Crippen LogP contribution in [0.15, 0.2) is 35.0 Å². The summed E-state index contributed by atoms with van der Waals surface area (Å²) in [5, 5.41) is 10.6. The summed E-state index contributed by atoms with van der Waals surface area (Å²) < 4.78 is 5.79. The van der Waals surface area contributed by atoms with Crippen molar-refractivity contribution in [2.75, 3.05) is 18.5 Å². The third-order valence-electron chi connectivity index (χ3n) is 3.84. The second kappa shape index (κ2) is 6.94. The van der Waals surface area contributed by atoms with E-state index in [0.29, 0.717) is 19.1 Å². The molecule has 0 spiro atoms. The first-order valence-corrected chi connectivity index (χ1v) is 8.48. The Morgan fingerprint density at radius 1 is 1.36 bits per heavy atom. The lowest BCUT2D eigenvalue weighted by Gasteiger charge is -2.18. The van der Waals surface area contributed by atoms with Gasteiger partial charge in [-0.15, -0.1) is 0 Å². The highest BCUT2D eigenvalue weighted by atomic mass is 32.1. The Labute approximate surface area is 134 Å². The maximum Gasteiger partial charge on any atom is 0.224 e. The molecule has 2 aromatic rings. The minimum absolute atomic E-state index is 0.0905. The fraction of sp³-hybridized carbons (Fsp3) is 0.353. The summed E-state index contributed by atoms with van der Waals surface area (Å²) in [7, 11) is 0. The highest BCUT2D eigenvalue weighted by molar-refractivity contribution is 7.07. The molecule has 116 valence electrons. The molecule has 5 heteroatoms. The van der Waals surface area contributed by atoms with Crippen molar-refractivity contribution in [3.63, 3.8) is 0 Å². The summed E-state index contributed by atoms with van der Waals surface area (Å²) in [4.78, 5) is 11.3. The average Bonchev–Trinajstić information content (AvgIpc) is 3.06. The Bertz CT molecular complexity index is 640. The topological polar surface area (TPSA) is 50.4 Å². The Hall–Kier alpha value is -1.85. The van der Waals surface area contributed by atoms with Gasteiger partial charge in [0.05, 0.1) is 0 Å². The first-order valence-electron chi connectivity index (χ1n) is 7.53. The van der Waals surface area contributed by atoms with Gasteiger partial charge in [0.25, 0.3) is 0 Å². The summed E-state index contributed by atoms with van der Waals surface area (Å²) in [5.41, 5.74) is 3.37. The van der Waals surface area contributed by atoms with Crippen molar-refractivity contribution in [3.8, 4) is 5.75 Å². The number of aryl methyl sites for hydroxylation is 1. The Morgan fingerprint density at radius 3 is 3.09 bits per heavy atom. The molecule has 0 aliphatic carbocycles. The molecule has 2 heterocycles. The lowest BCUT2D eigenvalue weighted by atomic mass is 10.0. The van der Waals surface area contributed by atoms with Gasteiger partial charge in [-0.05, 0) is 59.5 Å². The van der Waals surface area contributed by atoms with Gasteiger partial charge in [0.2, 0.25) is 5.91 Å². The molecule has 0 unspecified atom stereocenters. The van der Waals surface area contributed by atoms with E-state index >= 15 is 0 Å². The van der Waals surface area contributed by atoms with E-state index in [9.17, 15) is 4.79 Å². The van der Waals surface area contributed by atoms with E-state index in [1.165, 1.54) is 5.56 Å². The van der Waals surface area contributed by atoms with E-state index in [1.807, 2.05) is 18.2 Å². The summed E-state index contributed by atoms with van der Waals surface area (Å²) in [6, 6.07) is 8.34.